The van der Waals surface area contributed by atoms with Crippen molar-refractivity contribution in [3.63, 3.8) is 0 Å². The Balaban J connectivity index is 2.35. The fraction of sp³-hybridized carbons (Fsp3) is 0. The van der Waals surface area contributed by atoms with Gasteiger partial charge in [0.15, 0.2) is 0 Å². The minimum absolute atomic E-state index is 0.915. The van der Waals surface area contributed by atoms with Crippen molar-refractivity contribution in [2.24, 2.45) is 0 Å². The van der Waals surface area contributed by atoms with Crippen LogP contribution < -0.4 is 15.9 Å². The average molecular weight is 336 g/mol. The molecule has 0 radical (unpaired) electrons. The Hall–Kier alpha value is -2.07. The van der Waals surface area contributed by atoms with Crippen molar-refractivity contribution in [1.29, 1.82) is 0 Å². The molecular weight excluding hydrogens is 318 g/mol. The van der Waals surface area contributed by atoms with Crippen LogP contribution in [0.1, 0.15) is 0 Å². The van der Waals surface area contributed by atoms with E-state index >= 15 is 0 Å². The van der Waals surface area contributed by atoms with Crippen molar-refractivity contribution in [3.05, 3.63) is 91.0 Å². The third kappa shape index (κ3) is 3.17. The van der Waals surface area contributed by atoms with Crippen LogP contribution in [0.5, 0.6) is 0 Å². The Labute approximate surface area is 139 Å². The van der Waals surface area contributed by atoms with Gasteiger partial charge < -0.3 is 0 Å². The van der Waals surface area contributed by atoms with Gasteiger partial charge >= 0.3 is 139 Å². The van der Waals surface area contributed by atoms with Crippen LogP contribution in [0.25, 0.3) is 0 Å². The van der Waals surface area contributed by atoms with Crippen molar-refractivity contribution in [3.8, 4) is 0 Å². The van der Waals surface area contributed by atoms with Gasteiger partial charge in [0, 0.05) is 0 Å². The van der Waals surface area contributed by atoms with E-state index in [1.54, 1.807) is 5.80 Å². The van der Waals surface area contributed by atoms with Crippen LogP contribution in [0.3, 0.4) is 0 Å². The number of hydrogen-bond donors (Lipinski definition) is 0. The summed E-state index contributed by atoms with van der Waals surface area (Å²) in [6.45, 7) is -2.26. The van der Waals surface area contributed by atoms with Crippen LogP contribution in [0.15, 0.2) is 91.0 Å². The molecule has 114 valence electrons. The maximum absolute atomic E-state index is 11.1. The SMILES string of the molecule is O=C/C=P\[PH](c1ccccc1)(c1ccccc1)c1ccccc1. The summed E-state index contributed by atoms with van der Waals surface area (Å²) in [4.78, 5) is 11.1. The Kier molecular flexibility index (Phi) is 5.13. The Morgan fingerprint density at radius 3 is 1.26 bits per heavy atom. The molecule has 0 saturated heterocycles. The molecule has 0 heterocycles. The van der Waals surface area contributed by atoms with Gasteiger partial charge in [0.1, 0.15) is 0 Å². The Bertz CT molecular complexity index is 687. The third-order valence-corrected chi connectivity index (χ3v) is 12.0. The first-order valence-corrected chi connectivity index (χ1v) is 11.3. The summed E-state index contributed by atoms with van der Waals surface area (Å²) in [5.74, 6) is 1.75. The summed E-state index contributed by atoms with van der Waals surface area (Å²) in [5, 5.41) is 3.95. The molecule has 3 aromatic rings. The third-order valence-electron chi connectivity index (χ3n) is 3.90. The fourth-order valence-corrected chi connectivity index (χ4v) is 10.2. The molecule has 23 heavy (non-hydrogen) atoms. The number of aldehydes is 1. The quantitative estimate of drug-likeness (QED) is 0.514. The van der Waals surface area contributed by atoms with E-state index in [4.69, 9.17) is 0 Å². The molecule has 0 unspecified atom stereocenters. The summed E-state index contributed by atoms with van der Waals surface area (Å²) in [5.41, 5.74) is 0. The molecule has 3 rings (SSSR count). The maximum atomic E-state index is 11.1. The Morgan fingerprint density at radius 1 is 0.609 bits per heavy atom. The first kappa shape index (κ1) is 15.8. The predicted molar refractivity (Wildman–Crippen MR) is 106 cm³/mol. The van der Waals surface area contributed by atoms with Gasteiger partial charge in [0.25, 0.3) is 0 Å². The molecular formula is C20H18OP2. The second kappa shape index (κ2) is 7.47. The van der Waals surface area contributed by atoms with Gasteiger partial charge in [-0.15, -0.1) is 0 Å². The van der Waals surface area contributed by atoms with Crippen LogP contribution in [-0.4, -0.2) is 12.1 Å². The van der Waals surface area contributed by atoms with E-state index in [-0.39, 0.29) is 0 Å². The topological polar surface area (TPSA) is 17.1 Å². The molecule has 0 N–H and O–H groups in total. The van der Waals surface area contributed by atoms with E-state index in [1.807, 2.05) is 18.2 Å². The molecule has 0 aliphatic rings. The van der Waals surface area contributed by atoms with Crippen molar-refractivity contribution in [2.75, 3.05) is 0 Å². The number of rotatable bonds is 5. The number of hydrogen-bond acceptors (Lipinski definition) is 1. The van der Waals surface area contributed by atoms with Gasteiger partial charge in [-0.25, -0.2) is 0 Å². The van der Waals surface area contributed by atoms with E-state index < -0.39 is 6.95 Å². The number of carbonyl (C=O) groups is 1. The summed E-state index contributed by atoms with van der Waals surface area (Å²) in [6, 6.07) is 31.8. The standard InChI is InChI=1S/C20H18OP2/c21-16-17-22-23(18-10-4-1-5-11-18,19-12-6-2-7-13-19)20-14-8-3-9-15-20/h1-17,23H. The molecule has 0 aliphatic carbocycles. The number of carbonyl (C=O) groups excluding carboxylic acids is 1. The van der Waals surface area contributed by atoms with Crippen molar-refractivity contribution in [2.45, 2.75) is 0 Å². The summed E-state index contributed by atoms with van der Waals surface area (Å²) >= 11 is 0. The van der Waals surface area contributed by atoms with E-state index in [0.717, 1.165) is 14.2 Å². The van der Waals surface area contributed by atoms with Gasteiger partial charge in [-0.3, -0.25) is 0 Å². The van der Waals surface area contributed by atoms with Crippen molar-refractivity contribution < 1.29 is 4.79 Å². The molecule has 3 aromatic carbocycles. The van der Waals surface area contributed by atoms with E-state index in [2.05, 4.69) is 72.8 Å². The molecule has 0 atom stereocenters. The summed E-state index contributed by atoms with van der Waals surface area (Å²) < 4.78 is 0. The van der Waals surface area contributed by atoms with Gasteiger partial charge in [0.2, 0.25) is 0 Å². The molecule has 0 amide bonds. The molecule has 0 aliphatic heterocycles. The second-order valence-corrected chi connectivity index (χ2v) is 11.7. The zero-order valence-electron chi connectivity index (χ0n) is 12.7. The zero-order valence-corrected chi connectivity index (χ0v) is 14.6. The molecule has 3 heteroatoms. The molecule has 0 bridgehead atoms. The monoisotopic (exact) mass is 336 g/mol. The van der Waals surface area contributed by atoms with Gasteiger partial charge in [-0.2, -0.15) is 0 Å². The van der Waals surface area contributed by atoms with Gasteiger partial charge in [-0.05, 0) is 0 Å². The first-order chi connectivity index (χ1) is 11.4. The fourth-order valence-electron chi connectivity index (χ4n) is 2.90. The first-order valence-electron chi connectivity index (χ1n) is 7.53. The summed E-state index contributed by atoms with van der Waals surface area (Å²) in [6.07, 6.45) is 0.915. The minimum atomic E-state index is -2.26. The number of benzene rings is 3. The molecule has 0 spiro atoms. The molecule has 0 fully saturated rings. The zero-order chi connectivity index (χ0) is 16.0. The van der Waals surface area contributed by atoms with Crippen LogP contribution in [0, 0.1) is 0 Å². The van der Waals surface area contributed by atoms with Gasteiger partial charge in [0.05, 0.1) is 0 Å². The average Bonchev–Trinajstić information content (AvgIpc) is 2.65. The predicted octanol–water partition coefficient (Wildman–Crippen LogP) is 3.58. The molecule has 0 aromatic heterocycles. The van der Waals surface area contributed by atoms with Crippen LogP contribution in [0.4, 0.5) is 0 Å². The molecule has 0 saturated carbocycles. The normalized spacial score (nSPS) is 12.2. The van der Waals surface area contributed by atoms with E-state index in [1.165, 1.54) is 15.9 Å². The van der Waals surface area contributed by atoms with Crippen LogP contribution in [0.2, 0.25) is 0 Å². The molecule has 1 nitrogen and oxygen atoms in total. The van der Waals surface area contributed by atoms with E-state index in [9.17, 15) is 4.79 Å². The van der Waals surface area contributed by atoms with Crippen LogP contribution >= 0.6 is 14.8 Å². The van der Waals surface area contributed by atoms with Gasteiger partial charge in [-0.1, -0.05) is 0 Å². The second-order valence-electron chi connectivity index (χ2n) is 5.22. The van der Waals surface area contributed by atoms with Crippen molar-refractivity contribution in [1.82, 2.24) is 0 Å². The van der Waals surface area contributed by atoms with Crippen molar-refractivity contribution >= 4 is 42.8 Å². The Morgan fingerprint density at radius 2 is 0.957 bits per heavy atom. The van der Waals surface area contributed by atoms with Crippen LogP contribution in [-0.2, 0) is 4.79 Å². The summed E-state index contributed by atoms with van der Waals surface area (Å²) in [7, 11) is 1.07. The van der Waals surface area contributed by atoms with E-state index in [0.29, 0.717) is 0 Å².